The number of nitrogens with two attached hydrogens (primary N) is 1. The second-order valence-corrected chi connectivity index (χ2v) is 3.83. The van der Waals surface area contributed by atoms with Crippen LogP contribution in [0.5, 0.6) is 0 Å². The SMILES string of the molecule is N=C(N)CCCSc1ccncc1. The molecule has 0 saturated heterocycles. The van der Waals surface area contributed by atoms with E-state index in [1.54, 1.807) is 24.2 Å². The Kier molecular flexibility index (Phi) is 4.32. The van der Waals surface area contributed by atoms with E-state index in [4.69, 9.17) is 11.1 Å². The normalized spacial score (nSPS) is 9.85. The van der Waals surface area contributed by atoms with Gasteiger partial charge in [-0.25, -0.2) is 0 Å². The number of rotatable bonds is 5. The Bertz CT molecular complexity index is 261. The standard InChI is InChI=1S/C9H13N3S/c10-9(11)2-1-7-13-8-3-5-12-6-4-8/h3-6H,1-2,7H2,(H3,10,11). The molecule has 0 unspecified atom stereocenters. The Morgan fingerprint density at radius 1 is 1.46 bits per heavy atom. The average molecular weight is 195 g/mol. The van der Waals surface area contributed by atoms with Gasteiger partial charge in [-0.1, -0.05) is 0 Å². The fourth-order valence-electron chi connectivity index (χ4n) is 0.887. The van der Waals surface area contributed by atoms with Crippen molar-refractivity contribution in [2.45, 2.75) is 17.7 Å². The van der Waals surface area contributed by atoms with Crippen LogP contribution in [0, 0.1) is 5.41 Å². The molecule has 3 N–H and O–H groups in total. The highest BCUT2D eigenvalue weighted by molar-refractivity contribution is 7.99. The molecule has 0 aliphatic carbocycles. The van der Waals surface area contributed by atoms with Crippen molar-refractivity contribution in [1.82, 2.24) is 4.98 Å². The Morgan fingerprint density at radius 2 is 2.15 bits per heavy atom. The van der Waals surface area contributed by atoms with E-state index >= 15 is 0 Å². The van der Waals surface area contributed by atoms with Gasteiger partial charge in [0.15, 0.2) is 0 Å². The number of thioether (sulfide) groups is 1. The Balaban J connectivity index is 2.17. The van der Waals surface area contributed by atoms with Gasteiger partial charge in [0.1, 0.15) is 0 Å². The predicted octanol–water partition coefficient (Wildman–Crippen LogP) is 1.89. The van der Waals surface area contributed by atoms with Crippen LogP contribution in [0.1, 0.15) is 12.8 Å². The first kappa shape index (κ1) is 10.1. The van der Waals surface area contributed by atoms with Crippen LogP contribution in [0.4, 0.5) is 0 Å². The molecular formula is C9H13N3S. The van der Waals surface area contributed by atoms with Crippen LogP contribution < -0.4 is 5.73 Å². The van der Waals surface area contributed by atoms with E-state index in [0.717, 1.165) is 12.2 Å². The smallest absolute Gasteiger partial charge is 0.0905 e. The highest BCUT2D eigenvalue weighted by atomic mass is 32.2. The van der Waals surface area contributed by atoms with Crippen molar-refractivity contribution in [1.29, 1.82) is 5.41 Å². The first-order valence-electron chi connectivity index (χ1n) is 4.15. The zero-order valence-electron chi connectivity index (χ0n) is 7.36. The van der Waals surface area contributed by atoms with Crippen LogP contribution >= 0.6 is 11.8 Å². The summed E-state index contributed by atoms with van der Waals surface area (Å²) in [6.07, 6.45) is 5.22. The minimum atomic E-state index is 0.273. The van der Waals surface area contributed by atoms with E-state index in [1.165, 1.54) is 4.90 Å². The van der Waals surface area contributed by atoms with Gasteiger partial charge in [-0.2, -0.15) is 0 Å². The number of hydrogen-bond donors (Lipinski definition) is 2. The van der Waals surface area contributed by atoms with Crippen molar-refractivity contribution >= 4 is 17.6 Å². The lowest BCUT2D eigenvalue weighted by molar-refractivity contribution is 0.988. The maximum absolute atomic E-state index is 7.04. The monoisotopic (exact) mass is 195 g/mol. The topological polar surface area (TPSA) is 62.8 Å². The molecule has 0 bridgehead atoms. The van der Waals surface area contributed by atoms with Crippen molar-refractivity contribution in [2.24, 2.45) is 5.73 Å². The first-order chi connectivity index (χ1) is 6.29. The molecule has 0 aromatic carbocycles. The lowest BCUT2D eigenvalue weighted by Crippen LogP contribution is -2.08. The van der Waals surface area contributed by atoms with Gasteiger partial charge >= 0.3 is 0 Å². The summed E-state index contributed by atoms with van der Waals surface area (Å²) in [7, 11) is 0. The third-order valence-corrected chi connectivity index (χ3v) is 2.61. The summed E-state index contributed by atoms with van der Waals surface area (Å²) in [5, 5.41) is 7.04. The third-order valence-electron chi connectivity index (χ3n) is 1.51. The van der Waals surface area contributed by atoms with Crippen LogP contribution in [0.25, 0.3) is 0 Å². The van der Waals surface area contributed by atoms with Gasteiger partial charge in [0.25, 0.3) is 0 Å². The molecule has 0 spiro atoms. The lowest BCUT2D eigenvalue weighted by atomic mass is 10.3. The number of hydrogen-bond acceptors (Lipinski definition) is 3. The first-order valence-corrected chi connectivity index (χ1v) is 5.13. The Morgan fingerprint density at radius 3 is 2.77 bits per heavy atom. The van der Waals surface area contributed by atoms with Crippen molar-refractivity contribution in [2.75, 3.05) is 5.75 Å². The van der Waals surface area contributed by atoms with Crippen LogP contribution in [0.15, 0.2) is 29.4 Å². The number of pyridine rings is 1. The van der Waals surface area contributed by atoms with E-state index < -0.39 is 0 Å². The second-order valence-electron chi connectivity index (χ2n) is 2.66. The molecule has 3 nitrogen and oxygen atoms in total. The van der Waals surface area contributed by atoms with E-state index in [1.807, 2.05) is 12.1 Å². The van der Waals surface area contributed by atoms with Gasteiger partial charge < -0.3 is 5.73 Å². The summed E-state index contributed by atoms with van der Waals surface area (Å²) in [5.74, 6) is 1.28. The fourth-order valence-corrected chi connectivity index (χ4v) is 1.73. The molecule has 0 radical (unpaired) electrons. The summed E-state index contributed by atoms with van der Waals surface area (Å²) in [4.78, 5) is 5.16. The molecule has 13 heavy (non-hydrogen) atoms. The van der Waals surface area contributed by atoms with Gasteiger partial charge in [0, 0.05) is 23.7 Å². The zero-order chi connectivity index (χ0) is 9.52. The molecule has 4 heteroatoms. The molecule has 1 aromatic rings. The highest BCUT2D eigenvalue weighted by Gasteiger charge is 1.93. The van der Waals surface area contributed by atoms with Crippen molar-refractivity contribution in [3.8, 4) is 0 Å². The molecule has 0 fully saturated rings. The number of amidine groups is 1. The van der Waals surface area contributed by atoms with Crippen molar-refractivity contribution in [3.63, 3.8) is 0 Å². The third kappa shape index (κ3) is 4.52. The van der Waals surface area contributed by atoms with E-state index in [-0.39, 0.29) is 5.84 Å². The van der Waals surface area contributed by atoms with Crippen molar-refractivity contribution < 1.29 is 0 Å². The molecule has 70 valence electrons. The summed E-state index contributed by atoms with van der Waals surface area (Å²) >= 11 is 1.77. The average Bonchev–Trinajstić information content (AvgIpc) is 2.14. The van der Waals surface area contributed by atoms with Crippen LogP contribution in [-0.4, -0.2) is 16.6 Å². The van der Waals surface area contributed by atoms with Gasteiger partial charge in [0.05, 0.1) is 5.84 Å². The molecule has 1 heterocycles. The fraction of sp³-hybridized carbons (Fsp3) is 0.333. The summed E-state index contributed by atoms with van der Waals surface area (Å²) in [5.41, 5.74) is 5.24. The zero-order valence-corrected chi connectivity index (χ0v) is 8.18. The summed E-state index contributed by atoms with van der Waals surface area (Å²) in [6, 6.07) is 3.97. The molecule has 1 rings (SSSR count). The minimum Gasteiger partial charge on any atom is -0.388 e. The number of aromatic nitrogens is 1. The molecule has 0 atom stereocenters. The van der Waals surface area contributed by atoms with Gasteiger partial charge in [-0.05, 0) is 24.3 Å². The van der Waals surface area contributed by atoms with Crippen LogP contribution in [-0.2, 0) is 0 Å². The Hall–Kier alpha value is -1.03. The van der Waals surface area contributed by atoms with E-state index in [2.05, 4.69) is 4.98 Å². The molecular weight excluding hydrogens is 182 g/mol. The van der Waals surface area contributed by atoms with Crippen molar-refractivity contribution in [3.05, 3.63) is 24.5 Å². The predicted molar refractivity (Wildman–Crippen MR) is 56.1 cm³/mol. The molecule has 0 aliphatic heterocycles. The van der Waals surface area contributed by atoms with Gasteiger partial charge in [0.2, 0.25) is 0 Å². The second kappa shape index (κ2) is 5.59. The molecule has 1 aromatic heterocycles. The van der Waals surface area contributed by atoms with Crippen LogP contribution in [0.2, 0.25) is 0 Å². The maximum atomic E-state index is 7.04. The van der Waals surface area contributed by atoms with Gasteiger partial charge in [-0.15, -0.1) is 11.8 Å². The minimum absolute atomic E-state index is 0.273. The number of nitrogens with one attached hydrogen (secondary N) is 1. The maximum Gasteiger partial charge on any atom is 0.0905 e. The van der Waals surface area contributed by atoms with E-state index in [9.17, 15) is 0 Å². The molecule has 0 amide bonds. The quantitative estimate of drug-likeness (QED) is 0.326. The Labute approximate surface area is 82.3 Å². The number of nitrogens with zero attached hydrogens (tertiary/aromatic N) is 1. The largest absolute Gasteiger partial charge is 0.388 e. The summed E-state index contributed by atoms with van der Waals surface area (Å²) in [6.45, 7) is 0. The van der Waals surface area contributed by atoms with Crippen LogP contribution in [0.3, 0.4) is 0 Å². The molecule has 0 saturated carbocycles. The van der Waals surface area contributed by atoms with Gasteiger partial charge in [-0.3, -0.25) is 10.4 Å². The van der Waals surface area contributed by atoms with E-state index in [0.29, 0.717) is 6.42 Å². The molecule has 0 aliphatic rings. The highest BCUT2D eigenvalue weighted by Crippen LogP contribution is 2.17. The lowest BCUT2D eigenvalue weighted by Gasteiger charge is -1.99. The summed E-state index contributed by atoms with van der Waals surface area (Å²) < 4.78 is 0.